The molecule has 0 saturated carbocycles. The number of rotatable bonds is 3. The molecule has 2 fully saturated rings. The number of benzene rings is 1. The monoisotopic (exact) mass is 355 g/mol. The number of hydrogen-bond donors (Lipinski definition) is 1. The van der Waals surface area contributed by atoms with Gasteiger partial charge in [-0.25, -0.2) is 0 Å². The fraction of sp³-hybridized carbons (Fsp3) is 0.389. The minimum absolute atomic E-state index is 0.0139. The summed E-state index contributed by atoms with van der Waals surface area (Å²) in [4.78, 5) is 14.5. The summed E-state index contributed by atoms with van der Waals surface area (Å²) in [6.07, 6.45) is 8.73. The second-order valence-corrected chi connectivity index (χ2v) is 7.13. The molecule has 0 unspecified atom stereocenters. The first-order valence-electron chi connectivity index (χ1n) is 8.34. The van der Waals surface area contributed by atoms with Crippen molar-refractivity contribution in [2.45, 2.75) is 37.4 Å². The van der Waals surface area contributed by atoms with Crippen LogP contribution in [0.3, 0.4) is 0 Å². The van der Waals surface area contributed by atoms with Gasteiger partial charge in [-0.05, 0) is 37.0 Å². The van der Waals surface area contributed by atoms with Crippen molar-refractivity contribution in [2.24, 2.45) is 7.05 Å². The second-order valence-electron chi connectivity index (χ2n) is 6.72. The maximum Gasteiger partial charge on any atom is 0.253 e. The van der Waals surface area contributed by atoms with Crippen LogP contribution in [0.25, 0.3) is 11.1 Å². The average molecular weight is 356 g/mol. The van der Waals surface area contributed by atoms with Crippen LogP contribution < -0.4 is 5.32 Å². The average Bonchev–Trinajstić information content (AvgIpc) is 3.28. The fourth-order valence-corrected chi connectivity index (χ4v) is 4.26. The molecule has 2 saturated heterocycles. The summed E-state index contributed by atoms with van der Waals surface area (Å²) in [7, 11) is 1.85. The lowest BCUT2D eigenvalue weighted by Crippen LogP contribution is -2.43. The van der Waals surface area contributed by atoms with Gasteiger partial charge in [0, 0.05) is 24.8 Å². The predicted molar refractivity (Wildman–Crippen MR) is 93.8 cm³/mol. The minimum atomic E-state index is -0.182. The Labute approximate surface area is 151 Å². The number of carbonyl (C=O) groups excluding carboxylic acids is 1. The maximum atomic E-state index is 12.6. The third kappa shape index (κ3) is 2.75. The van der Waals surface area contributed by atoms with Gasteiger partial charge >= 0.3 is 0 Å². The summed E-state index contributed by atoms with van der Waals surface area (Å²) < 4.78 is 1.72. The Morgan fingerprint density at radius 1 is 1.40 bits per heavy atom. The van der Waals surface area contributed by atoms with E-state index in [4.69, 9.17) is 11.6 Å². The third-order valence-electron chi connectivity index (χ3n) is 5.22. The van der Waals surface area contributed by atoms with Gasteiger partial charge in [0.25, 0.3) is 5.91 Å². The van der Waals surface area contributed by atoms with Gasteiger partial charge in [0.05, 0.1) is 28.9 Å². The minimum Gasteiger partial charge on any atom is -0.347 e. The Bertz CT molecular complexity index is 871. The molecule has 25 heavy (non-hydrogen) atoms. The van der Waals surface area contributed by atoms with Gasteiger partial charge in [-0.2, -0.15) is 10.4 Å². The quantitative estimate of drug-likeness (QED) is 0.859. The van der Waals surface area contributed by atoms with Crippen molar-refractivity contribution < 1.29 is 4.79 Å². The lowest BCUT2D eigenvalue weighted by Gasteiger charge is -2.22. The largest absolute Gasteiger partial charge is 0.347 e. The van der Waals surface area contributed by atoms with E-state index < -0.39 is 0 Å². The van der Waals surface area contributed by atoms with Gasteiger partial charge in [-0.15, -0.1) is 0 Å². The molecule has 2 aromatic rings. The molecule has 1 aromatic heterocycles. The number of carbonyl (C=O) groups is 1. The lowest BCUT2D eigenvalue weighted by atomic mass is 9.95. The first kappa shape index (κ1) is 16.0. The van der Waals surface area contributed by atoms with Crippen molar-refractivity contribution in [1.82, 2.24) is 20.0 Å². The highest BCUT2D eigenvalue weighted by molar-refractivity contribution is 6.34. The van der Waals surface area contributed by atoms with Crippen LogP contribution in [0.4, 0.5) is 0 Å². The number of aromatic nitrogens is 2. The van der Waals surface area contributed by atoms with E-state index in [9.17, 15) is 10.1 Å². The number of nitrogens with zero attached hydrogens (tertiary/aromatic N) is 4. The molecule has 3 atom stereocenters. The molecule has 2 aliphatic rings. The molecule has 0 radical (unpaired) electrons. The third-order valence-corrected chi connectivity index (χ3v) is 5.53. The summed E-state index contributed by atoms with van der Waals surface area (Å²) in [6, 6.07) is 5.81. The molecule has 4 rings (SSSR count). The molecule has 3 heterocycles. The molecule has 7 heteroatoms. The number of nitriles is 1. The SMILES string of the molecule is Cn1cc(-c2ccc(C(=O)N[C@@H]3C[C@@H]4CC[C@H]3N4C#N)c(Cl)c2)cn1. The van der Waals surface area contributed by atoms with E-state index in [-0.39, 0.29) is 24.0 Å². The Kier molecular flexibility index (Phi) is 3.89. The van der Waals surface area contributed by atoms with Crippen molar-refractivity contribution in [3.05, 3.63) is 41.2 Å². The van der Waals surface area contributed by atoms with Gasteiger partial charge in [0.15, 0.2) is 6.19 Å². The number of halogens is 1. The fourth-order valence-electron chi connectivity index (χ4n) is 3.99. The van der Waals surface area contributed by atoms with Crippen LogP contribution in [0.15, 0.2) is 30.6 Å². The van der Waals surface area contributed by atoms with Crippen LogP contribution in [0.5, 0.6) is 0 Å². The van der Waals surface area contributed by atoms with Crippen molar-refractivity contribution in [3.63, 3.8) is 0 Å². The Balaban J connectivity index is 1.50. The molecule has 128 valence electrons. The van der Waals surface area contributed by atoms with Crippen molar-refractivity contribution in [2.75, 3.05) is 0 Å². The normalized spacial score (nSPS) is 24.4. The summed E-state index contributed by atoms with van der Waals surface area (Å²) in [5.74, 6) is -0.182. The van der Waals surface area contributed by atoms with E-state index in [0.29, 0.717) is 10.6 Å². The standard InChI is InChI=1S/C18H18ClN5O/c1-23-9-12(8-21-23)11-2-4-14(15(19)6-11)18(25)22-16-7-13-3-5-17(16)24(13)10-20/h2,4,6,8-9,13,16-17H,3,5,7H2,1H3,(H,22,25)/t13-,16+,17+/m0/s1. The highest BCUT2D eigenvalue weighted by Crippen LogP contribution is 2.37. The summed E-state index contributed by atoms with van der Waals surface area (Å²) in [5, 5.41) is 16.9. The Morgan fingerprint density at radius 3 is 2.88 bits per heavy atom. The molecule has 1 aromatic carbocycles. The summed E-state index contributed by atoms with van der Waals surface area (Å²) in [6.45, 7) is 0. The van der Waals surface area contributed by atoms with Gasteiger partial charge in [-0.1, -0.05) is 17.7 Å². The predicted octanol–water partition coefficient (Wildman–Crippen LogP) is 2.56. The van der Waals surface area contributed by atoms with E-state index in [1.54, 1.807) is 23.0 Å². The number of fused-ring (bicyclic) bond motifs is 2. The zero-order chi connectivity index (χ0) is 17.6. The van der Waals surface area contributed by atoms with Crippen LogP contribution in [0.1, 0.15) is 29.6 Å². The topological polar surface area (TPSA) is 74.0 Å². The van der Waals surface area contributed by atoms with Crippen LogP contribution in [0.2, 0.25) is 5.02 Å². The smallest absolute Gasteiger partial charge is 0.253 e. The Hall–Kier alpha value is -2.52. The van der Waals surface area contributed by atoms with Crippen LogP contribution >= 0.6 is 11.6 Å². The molecule has 0 spiro atoms. The van der Waals surface area contributed by atoms with E-state index in [1.807, 2.05) is 24.2 Å². The molecule has 1 N–H and O–H groups in total. The van der Waals surface area contributed by atoms with E-state index in [0.717, 1.165) is 30.4 Å². The number of amides is 1. The maximum absolute atomic E-state index is 12.6. The van der Waals surface area contributed by atoms with Crippen molar-refractivity contribution in [3.8, 4) is 17.3 Å². The molecule has 0 aliphatic carbocycles. The summed E-state index contributed by atoms with van der Waals surface area (Å²) >= 11 is 6.35. The molecule has 2 bridgehead atoms. The first-order chi connectivity index (χ1) is 12.1. The first-order valence-corrected chi connectivity index (χ1v) is 8.72. The van der Waals surface area contributed by atoms with Crippen molar-refractivity contribution in [1.29, 1.82) is 5.26 Å². The van der Waals surface area contributed by atoms with Crippen molar-refractivity contribution >= 4 is 17.5 Å². The highest BCUT2D eigenvalue weighted by Gasteiger charge is 2.46. The van der Waals surface area contributed by atoms with Crippen LogP contribution in [-0.4, -0.2) is 38.7 Å². The zero-order valence-corrected chi connectivity index (χ0v) is 14.6. The molecular formula is C18H18ClN5O. The zero-order valence-electron chi connectivity index (χ0n) is 13.8. The summed E-state index contributed by atoms with van der Waals surface area (Å²) in [5.41, 5.74) is 2.33. The highest BCUT2D eigenvalue weighted by atomic mass is 35.5. The number of aryl methyl sites for hydroxylation is 1. The van der Waals surface area contributed by atoms with E-state index in [2.05, 4.69) is 16.6 Å². The second kappa shape index (κ2) is 6.08. The van der Waals surface area contributed by atoms with Gasteiger partial charge in [-0.3, -0.25) is 9.48 Å². The van der Waals surface area contributed by atoms with Crippen LogP contribution in [-0.2, 0) is 7.05 Å². The van der Waals surface area contributed by atoms with Gasteiger partial charge < -0.3 is 10.2 Å². The van der Waals surface area contributed by atoms with E-state index >= 15 is 0 Å². The molecular weight excluding hydrogens is 338 g/mol. The molecule has 2 aliphatic heterocycles. The van der Waals surface area contributed by atoms with Crippen LogP contribution in [0, 0.1) is 11.5 Å². The molecule has 6 nitrogen and oxygen atoms in total. The number of hydrogen-bond acceptors (Lipinski definition) is 4. The number of nitrogens with one attached hydrogen (secondary N) is 1. The Morgan fingerprint density at radius 2 is 2.24 bits per heavy atom. The van der Waals surface area contributed by atoms with Gasteiger partial charge in [0.2, 0.25) is 0 Å². The van der Waals surface area contributed by atoms with Gasteiger partial charge in [0.1, 0.15) is 0 Å². The van der Waals surface area contributed by atoms with E-state index in [1.165, 1.54) is 0 Å². The lowest BCUT2D eigenvalue weighted by molar-refractivity contribution is 0.0928. The molecule has 1 amide bonds.